The van der Waals surface area contributed by atoms with Crippen LogP contribution in [0.15, 0.2) is 45.3 Å². The van der Waals surface area contributed by atoms with Gasteiger partial charge < -0.3 is 4.57 Å². The van der Waals surface area contributed by atoms with Gasteiger partial charge in [-0.3, -0.25) is 0 Å². The molecule has 1 aromatic heterocycles. The van der Waals surface area contributed by atoms with Gasteiger partial charge in [-0.05, 0) is 42.8 Å². The molecule has 0 unspecified atom stereocenters. The molecule has 3 aromatic rings. The van der Waals surface area contributed by atoms with Crippen LogP contribution in [0, 0.1) is 0 Å². The minimum atomic E-state index is 1.11. The summed E-state index contributed by atoms with van der Waals surface area (Å²) in [6, 6.07) is 13.4. The summed E-state index contributed by atoms with van der Waals surface area (Å²) in [6.45, 7) is 3.41. The van der Waals surface area contributed by atoms with E-state index in [1.54, 1.807) is 0 Å². The topological polar surface area (TPSA) is 4.93 Å². The fraction of sp³-hybridized carbons (Fsp3) is 0.600. The normalized spacial score (nSPS) is 11.7. The molecule has 0 spiro atoms. The number of halogens is 2. The van der Waals surface area contributed by atoms with Gasteiger partial charge in [0.2, 0.25) is 0 Å². The molecule has 0 aliphatic heterocycles. The van der Waals surface area contributed by atoms with Crippen LogP contribution < -0.4 is 0 Å². The fourth-order valence-electron chi connectivity index (χ4n) is 5.11. The van der Waals surface area contributed by atoms with Gasteiger partial charge >= 0.3 is 0 Å². The minimum absolute atomic E-state index is 1.11. The van der Waals surface area contributed by atoms with E-state index in [4.69, 9.17) is 0 Å². The second-order valence-electron chi connectivity index (χ2n) is 9.78. The first-order chi connectivity index (χ1) is 16.2. The van der Waals surface area contributed by atoms with Crippen LogP contribution in [-0.2, 0) is 6.54 Å². The summed E-state index contributed by atoms with van der Waals surface area (Å²) in [5, 5.41) is 2.69. The molecule has 3 rings (SSSR count). The zero-order valence-electron chi connectivity index (χ0n) is 20.7. The summed E-state index contributed by atoms with van der Waals surface area (Å²) in [5.74, 6) is 0. The SMILES string of the molecule is CCCCCCCCCCCCCCCCCCn1c2ccc(Br)cc2c2cc(Br)ccc21. The summed E-state index contributed by atoms with van der Waals surface area (Å²) in [4.78, 5) is 0. The van der Waals surface area contributed by atoms with Gasteiger partial charge in [-0.15, -0.1) is 0 Å². The Bertz CT molecular complexity index is 899. The molecule has 0 bridgehead atoms. The van der Waals surface area contributed by atoms with Gasteiger partial charge in [0, 0.05) is 37.3 Å². The van der Waals surface area contributed by atoms with E-state index in [-0.39, 0.29) is 0 Å². The molecule has 0 radical (unpaired) electrons. The van der Waals surface area contributed by atoms with E-state index in [0.717, 1.165) is 15.5 Å². The van der Waals surface area contributed by atoms with Gasteiger partial charge in [0.25, 0.3) is 0 Å². The van der Waals surface area contributed by atoms with Crippen molar-refractivity contribution < 1.29 is 0 Å². The third kappa shape index (κ3) is 8.73. The standard InChI is InChI=1S/C30H43Br2N/c1-2-3-4-5-6-7-8-9-10-11-12-13-14-15-16-17-22-33-29-20-18-25(31)23-27(29)28-24-26(32)19-21-30(28)33/h18-21,23-24H,2-17,22H2,1H3. The van der Waals surface area contributed by atoms with Crippen LogP contribution in [-0.4, -0.2) is 4.57 Å². The number of hydrogen-bond donors (Lipinski definition) is 0. The molecule has 0 aliphatic carbocycles. The lowest BCUT2D eigenvalue weighted by molar-refractivity contribution is 0.524. The summed E-state index contributed by atoms with van der Waals surface area (Å²) in [6.07, 6.45) is 22.7. The predicted octanol–water partition coefficient (Wildman–Crippen LogP) is 11.6. The van der Waals surface area contributed by atoms with Gasteiger partial charge in [0.05, 0.1) is 0 Å². The molecule has 182 valence electrons. The van der Waals surface area contributed by atoms with Crippen molar-refractivity contribution in [2.45, 2.75) is 116 Å². The van der Waals surface area contributed by atoms with Crippen LogP contribution in [0.3, 0.4) is 0 Å². The number of aryl methyl sites for hydroxylation is 1. The van der Waals surface area contributed by atoms with Crippen LogP contribution >= 0.6 is 31.9 Å². The first kappa shape index (κ1) is 26.8. The van der Waals surface area contributed by atoms with E-state index in [1.807, 2.05) is 0 Å². The highest BCUT2D eigenvalue weighted by Crippen LogP contribution is 2.33. The van der Waals surface area contributed by atoms with Crippen molar-refractivity contribution in [2.75, 3.05) is 0 Å². The fourth-order valence-corrected chi connectivity index (χ4v) is 5.83. The van der Waals surface area contributed by atoms with Crippen LogP contribution in [0.25, 0.3) is 21.8 Å². The van der Waals surface area contributed by atoms with Crippen molar-refractivity contribution in [1.29, 1.82) is 0 Å². The molecule has 0 saturated heterocycles. The monoisotopic (exact) mass is 575 g/mol. The van der Waals surface area contributed by atoms with Crippen LogP contribution in [0.4, 0.5) is 0 Å². The van der Waals surface area contributed by atoms with Crippen LogP contribution in [0.5, 0.6) is 0 Å². The van der Waals surface area contributed by atoms with Crippen molar-refractivity contribution in [2.24, 2.45) is 0 Å². The molecule has 0 amide bonds. The van der Waals surface area contributed by atoms with Gasteiger partial charge in [0.1, 0.15) is 0 Å². The minimum Gasteiger partial charge on any atom is -0.340 e. The summed E-state index contributed by atoms with van der Waals surface area (Å²) >= 11 is 7.30. The molecule has 2 aromatic carbocycles. The Hall–Kier alpha value is -0.800. The third-order valence-electron chi connectivity index (χ3n) is 7.02. The highest BCUT2D eigenvalue weighted by molar-refractivity contribution is 9.10. The molecule has 33 heavy (non-hydrogen) atoms. The number of nitrogens with zero attached hydrogens (tertiary/aromatic N) is 1. The highest BCUT2D eigenvalue weighted by atomic mass is 79.9. The molecule has 1 heterocycles. The summed E-state index contributed by atoms with van der Waals surface area (Å²) in [5.41, 5.74) is 2.71. The van der Waals surface area contributed by atoms with Gasteiger partial charge in [-0.25, -0.2) is 0 Å². The number of aromatic nitrogens is 1. The lowest BCUT2D eigenvalue weighted by atomic mass is 10.0. The number of benzene rings is 2. The average Bonchev–Trinajstić information content (AvgIpc) is 3.10. The maximum Gasteiger partial charge on any atom is 0.0492 e. The Morgan fingerprint density at radius 2 is 0.879 bits per heavy atom. The highest BCUT2D eigenvalue weighted by Gasteiger charge is 2.11. The van der Waals surface area contributed by atoms with Crippen LogP contribution in [0.1, 0.15) is 110 Å². The van der Waals surface area contributed by atoms with Crippen molar-refractivity contribution in [3.63, 3.8) is 0 Å². The van der Waals surface area contributed by atoms with E-state index in [2.05, 4.69) is 79.7 Å². The summed E-state index contributed by atoms with van der Waals surface area (Å²) < 4.78 is 4.82. The molecule has 0 aliphatic rings. The molecular weight excluding hydrogens is 534 g/mol. The number of rotatable bonds is 17. The van der Waals surface area contributed by atoms with E-state index in [1.165, 1.54) is 125 Å². The number of hydrogen-bond acceptors (Lipinski definition) is 0. The van der Waals surface area contributed by atoms with E-state index in [0.29, 0.717) is 0 Å². The third-order valence-corrected chi connectivity index (χ3v) is 8.01. The van der Waals surface area contributed by atoms with Crippen LogP contribution in [0.2, 0.25) is 0 Å². The van der Waals surface area contributed by atoms with Gasteiger partial charge in [-0.2, -0.15) is 0 Å². The largest absolute Gasteiger partial charge is 0.340 e. The first-order valence-corrected chi connectivity index (χ1v) is 15.2. The molecule has 3 heteroatoms. The van der Waals surface area contributed by atoms with E-state index < -0.39 is 0 Å². The molecule has 0 atom stereocenters. The van der Waals surface area contributed by atoms with Gasteiger partial charge in [0.15, 0.2) is 0 Å². The Labute approximate surface area is 219 Å². The Morgan fingerprint density at radius 3 is 1.27 bits per heavy atom. The van der Waals surface area contributed by atoms with Crippen molar-refractivity contribution in [3.05, 3.63) is 45.3 Å². The van der Waals surface area contributed by atoms with Crippen molar-refractivity contribution >= 4 is 53.7 Å². The Balaban J connectivity index is 1.28. The zero-order chi connectivity index (χ0) is 23.3. The second kappa shape index (κ2) is 15.2. The maximum atomic E-state index is 3.65. The Morgan fingerprint density at radius 1 is 0.515 bits per heavy atom. The smallest absolute Gasteiger partial charge is 0.0492 e. The van der Waals surface area contributed by atoms with E-state index >= 15 is 0 Å². The predicted molar refractivity (Wildman–Crippen MR) is 154 cm³/mol. The maximum absolute atomic E-state index is 3.65. The molecular formula is C30H43Br2N. The average molecular weight is 577 g/mol. The molecule has 0 N–H and O–H groups in total. The second-order valence-corrected chi connectivity index (χ2v) is 11.6. The number of fused-ring (bicyclic) bond motifs is 3. The molecule has 0 fully saturated rings. The zero-order valence-corrected chi connectivity index (χ0v) is 23.9. The number of unbranched alkanes of at least 4 members (excludes halogenated alkanes) is 15. The van der Waals surface area contributed by atoms with Gasteiger partial charge in [-0.1, -0.05) is 135 Å². The van der Waals surface area contributed by atoms with Crippen molar-refractivity contribution in [1.82, 2.24) is 4.57 Å². The summed E-state index contributed by atoms with van der Waals surface area (Å²) in [7, 11) is 0. The first-order valence-electron chi connectivity index (χ1n) is 13.6. The van der Waals surface area contributed by atoms with Crippen molar-refractivity contribution in [3.8, 4) is 0 Å². The lowest BCUT2D eigenvalue weighted by Crippen LogP contribution is -1.97. The Kier molecular flexibility index (Phi) is 12.4. The van der Waals surface area contributed by atoms with E-state index in [9.17, 15) is 0 Å². The quantitative estimate of drug-likeness (QED) is 0.141. The molecule has 0 saturated carbocycles. The lowest BCUT2D eigenvalue weighted by Gasteiger charge is -2.08. The molecule has 1 nitrogen and oxygen atoms in total.